The largest absolute Gasteiger partial charge is 0.497 e. The van der Waals surface area contributed by atoms with Crippen molar-refractivity contribution in [2.45, 2.75) is 38.5 Å². The second-order valence-electron chi connectivity index (χ2n) is 16.7. The molecule has 6 aromatic carbocycles. The number of hydrogen-bond acceptors (Lipinski definition) is 5. The number of benzene rings is 6. The third kappa shape index (κ3) is 7.38. The van der Waals surface area contributed by atoms with E-state index in [1.165, 1.54) is 55.8 Å². The Balaban J connectivity index is 0.000000185. The molecule has 0 N–H and O–H groups in total. The second-order valence-corrected chi connectivity index (χ2v) is 16.7. The first-order chi connectivity index (χ1) is 28.9. The van der Waals surface area contributed by atoms with Crippen molar-refractivity contribution >= 4 is 45.1 Å². The first-order valence-electron chi connectivity index (χ1n) is 20.6. The Hall–Kier alpha value is -6.47. The molecule has 0 aliphatic carbocycles. The van der Waals surface area contributed by atoms with Gasteiger partial charge in [0.25, 0.3) is 0 Å². The summed E-state index contributed by atoms with van der Waals surface area (Å²) in [4.78, 5) is 2.32. The second kappa shape index (κ2) is 17.0. The minimum Gasteiger partial charge on any atom is -0.497 e. The van der Waals surface area contributed by atoms with Gasteiger partial charge in [-0.3, -0.25) is 0 Å². The van der Waals surface area contributed by atoms with E-state index in [2.05, 4.69) is 167 Å². The maximum atomic E-state index is 5.45. The van der Waals surface area contributed by atoms with E-state index in [4.69, 9.17) is 18.9 Å². The standard InChI is InChI=1S/C28H28BO4.C25H29N2/c1-30-25-13-5-21(6-14-25)29(22-7-15-26(31-2)16-8-22,23-9-17-27(32-3)18-10-23)24-11-19-28(33-4)20-12-24;1-24(2)18-12-7-9-14-20(18)26(5)22(24)16-11-17-23-25(3,4)19-13-8-10-15-21(19)27(23)6/h5-20H,1-4H3;7-17H,1-6H3/q-1;+1. The highest BCUT2D eigenvalue weighted by Crippen LogP contribution is 2.46. The Bertz CT molecular complexity index is 2340. The number of allylic oxidation sites excluding steroid dienone is 4. The predicted octanol–water partition coefficient (Wildman–Crippen LogP) is 8.66. The number of ether oxygens (including phenoxy) is 4. The van der Waals surface area contributed by atoms with Crippen LogP contribution in [0.15, 0.2) is 170 Å². The molecule has 8 rings (SSSR count). The average molecular weight is 797 g/mol. The SMILES string of the molecule is CN1/C(=C/C=C/C2=[N+](C)c3ccccc3C2(C)C)C(C)(C)c2ccccc21.COc1ccc([B-](c2ccc(OC)cc2)(c2ccc(OC)cc2)c2ccc(OC)cc2)cc1. The van der Waals surface area contributed by atoms with Gasteiger partial charge in [0.05, 0.1) is 33.9 Å². The van der Waals surface area contributed by atoms with Crippen molar-refractivity contribution in [1.82, 2.24) is 0 Å². The molecule has 0 radical (unpaired) electrons. The zero-order chi connectivity index (χ0) is 42.7. The van der Waals surface area contributed by atoms with Gasteiger partial charge in [-0.05, 0) is 80.1 Å². The first kappa shape index (κ1) is 41.7. The van der Waals surface area contributed by atoms with Crippen molar-refractivity contribution in [2.24, 2.45) is 0 Å². The van der Waals surface area contributed by atoms with Crippen molar-refractivity contribution in [1.29, 1.82) is 0 Å². The Morgan fingerprint density at radius 1 is 0.500 bits per heavy atom. The molecule has 0 atom stereocenters. The normalized spacial score (nSPS) is 15.6. The van der Waals surface area contributed by atoms with Crippen LogP contribution < -0.4 is 45.7 Å². The smallest absolute Gasteiger partial charge is 0.209 e. The summed E-state index contributed by atoms with van der Waals surface area (Å²) in [5.41, 5.74) is 12.8. The number of fused-ring (bicyclic) bond motifs is 2. The number of likely N-dealkylation sites (N-methyl/N-ethyl adjacent to an activating group) is 1. The van der Waals surface area contributed by atoms with Gasteiger partial charge in [0.1, 0.15) is 36.2 Å². The van der Waals surface area contributed by atoms with Gasteiger partial charge in [0, 0.05) is 41.6 Å². The lowest BCUT2D eigenvalue weighted by atomic mass is 9.13. The lowest BCUT2D eigenvalue weighted by Gasteiger charge is -2.44. The van der Waals surface area contributed by atoms with E-state index >= 15 is 0 Å². The van der Waals surface area contributed by atoms with Crippen molar-refractivity contribution < 1.29 is 23.5 Å². The average Bonchev–Trinajstić information content (AvgIpc) is 3.61. The molecule has 0 bridgehead atoms. The van der Waals surface area contributed by atoms with Crippen LogP contribution >= 0.6 is 0 Å². The molecule has 0 saturated heterocycles. The van der Waals surface area contributed by atoms with E-state index in [0.717, 1.165) is 23.0 Å². The van der Waals surface area contributed by atoms with Crippen LogP contribution in [0.4, 0.5) is 11.4 Å². The topological polar surface area (TPSA) is 43.2 Å². The number of hydrogen-bond donors (Lipinski definition) is 0. The van der Waals surface area contributed by atoms with Crippen molar-refractivity contribution in [3.8, 4) is 23.0 Å². The predicted molar refractivity (Wildman–Crippen MR) is 252 cm³/mol. The summed E-state index contributed by atoms with van der Waals surface area (Å²) in [6.45, 7) is 9.24. The first-order valence-corrected chi connectivity index (χ1v) is 20.6. The third-order valence-electron chi connectivity index (χ3n) is 12.9. The van der Waals surface area contributed by atoms with Gasteiger partial charge in [0.15, 0.2) is 5.71 Å². The van der Waals surface area contributed by atoms with Crippen molar-refractivity contribution in [3.05, 3.63) is 181 Å². The molecule has 7 heteroatoms. The summed E-state index contributed by atoms with van der Waals surface area (Å²) < 4.78 is 24.1. The molecule has 6 aromatic rings. The van der Waals surface area contributed by atoms with Crippen LogP contribution in [0.25, 0.3) is 0 Å². The summed E-state index contributed by atoms with van der Waals surface area (Å²) >= 11 is 0. The van der Waals surface area contributed by atoms with E-state index < -0.39 is 6.15 Å². The highest BCUT2D eigenvalue weighted by Gasteiger charge is 2.43. The molecule has 306 valence electrons. The number of rotatable bonds is 10. The summed E-state index contributed by atoms with van der Waals surface area (Å²) in [7, 11) is 11.1. The number of nitrogens with zero attached hydrogens (tertiary/aromatic N) is 2. The zero-order valence-corrected chi connectivity index (χ0v) is 36.7. The Labute approximate surface area is 357 Å². The van der Waals surface area contributed by atoms with Gasteiger partial charge in [0.2, 0.25) is 5.69 Å². The summed E-state index contributed by atoms with van der Waals surface area (Å²) in [5.74, 6) is 3.29. The highest BCUT2D eigenvalue weighted by molar-refractivity contribution is 7.19. The monoisotopic (exact) mass is 796 g/mol. The molecule has 60 heavy (non-hydrogen) atoms. The molecular formula is C53H57BN2O4. The number of methoxy groups -OCH3 is 4. The lowest BCUT2D eigenvalue weighted by Crippen LogP contribution is -2.74. The van der Waals surface area contributed by atoms with Crippen molar-refractivity contribution in [3.63, 3.8) is 0 Å². The molecule has 2 heterocycles. The molecule has 2 aliphatic heterocycles. The quantitative estimate of drug-likeness (QED) is 0.103. The van der Waals surface area contributed by atoms with Crippen LogP contribution in [0.3, 0.4) is 0 Å². The zero-order valence-electron chi connectivity index (χ0n) is 36.7. The Kier molecular flexibility index (Phi) is 11.8. The van der Waals surface area contributed by atoms with Gasteiger partial charge in [-0.1, -0.05) is 105 Å². The molecule has 0 saturated carbocycles. The number of anilines is 1. The van der Waals surface area contributed by atoms with E-state index in [0.29, 0.717) is 0 Å². The van der Waals surface area contributed by atoms with Gasteiger partial charge in [-0.15, -0.1) is 0 Å². The van der Waals surface area contributed by atoms with Crippen LogP contribution in [0.1, 0.15) is 38.8 Å². The molecular weight excluding hydrogens is 739 g/mol. The van der Waals surface area contributed by atoms with Gasteiger partial charge in [-0.2, -0.15) is 26.4 Å². The molecule has 0 amide bonds. The molecule has 0 aromatic heterocycles. The number of para-hydroxylation sites is 2. The molecule has 6 nitrogen and oxygen atoms in total. The van der Waals surface area contributed by atoms with Crippen LogP contribution in [-0.4, -0.2) is 59.0 Å². The van der Waals surface area contributed by atoms with Gasteiger partial charge in [-0.25, -0.2) is 0 Å². The Morgan fingerprint density at radius 3 is 1.27 bits per heavy atom. The highest BCUT2D eigenvalue weighted by atomic mass is 16.5. The summed E-state index contributed by atoms with van der Waals surface area (Å²) in [5, 5.41) is 0. The van der Waals surface area contributed by atoms with E-state index in [1.54, 1.807) is 28.4 Å². The maximum absolute atomic E-state index is 5.45. The fourth-order valence-electron chi connectivity index (χ4n) is 9.56. The lowest BCUT2D eigenvalue weighted by molar-refractivity contribution is -0.401. The van der Waals surface area contributed by atoms with Crippen LogP contribution in [-0.2, 0) is 10.8 Å². The third-order valence-corrected chi connectivity index (χ3v) is 12.9. The molecule has 0 unspecified atom stereocenters. The molecule has 0 fully saturated rings. The molecule has 0 spiro atoms. The van der Waals surface area contributed by atoms with Gasteiger partial charge >= 0.3 is 0 Å². The minimum absolute atomic E-state index is 0.0143. The maximum Gasteiger partial charge on any atom is 0.209 e. The minimum atomic E-state index is -1.52. The fourth-order valence-corrected chi connectivity index (χ4v) is 9.56. The van der Waals surface area contributed by atoms with E-state index in [9.17, 15) is 0 Å². The van der Waals surface area contributed by atoms with Gasteiger partial charge < -0.3 is 23.8 Å². The van der Waals surface area contributed by atoms with Crippen LogP contribution in [0.5, 0.6) is 23.0 Å². The van der Waals surface area contributed by atoms with E-state index in [1.807, 2.05) is 48.5 Å². The van der Waals surface area contributed by atoms with E-state index in [-0.39, 0.29) is 10.8 Å². The van der Waals surface area contributed by atoms with Crippen LogP contribution in [0, 0.1) is 0 Å². The fraction of sp³-hybridized carbons (Fsp3) is 0.226. The van der Waals surface area contributed by atoms with Crippen molar-refractivity contribution in [2.75, 3.05) is 47.4 Å². The molecule has 2 aliphatic rings. The summed E-state index contributed by atoms with van der Waals surface area (Å²) in [6.07, 6.45) is 5.25. The Morgan fingerprint density at radius 2 is 0.883 bits per heavy atom. The summed E-state index contributed by atoms with van der Waals surface area (Å²) in [6, 6.07) is 50.7. The van der Waals surface area contributed by atoms with Crippen LogP contribution in [0.2, 0.25) is 0 Å².